The van der Waals surface area contributed by atoms with E-state index < -0.39 is 35.0 Å². The quantitative estimate of drug-likeness (QED) is 0.146. The van der Waals surface area contributed by atoms with E-state index in [4.69, 9.17) is 18.3 Å². The number of imide groups is 1. The molecule has 13 heteroatoms. The first kappa shape index (κ1) is 29.0. The summed E-state index contributed by atoms with van der Waals surface area (Å²) in [6.07, 6.45) is 0. The maximum absolute atomic E-state index is 13.5. The van der Waals surface area contributed by atoms with Crippen LogP contribution in [0.25, 0.3) is 44.7 Å². The van der Waals surface area contributed by atoms with Crippen LogP contribution in [0.2, 0.25) is 0 Å². The van der Waals surface area contributed by atoms with Crippen LogP contribution in [-0.4, -0.2) is 33.7 Å². The van der Waals surface area contributed by atoms with Gasteiger partial charge in [0.1, 0.15) is 11.5 Å². The van der Waals surface area contributed by atoms with Crippen molar-refractivity contribution in [2.24, 2.45) is 0 Å². The molecular weight excluding hydrogens is 610 g/mol. The second-order valence-electron chi connectivity index (χ2n) is 10.4. The molecule has 0 saturated carbocycles. The molecule has 2 aromatic heterocycles. The van der Waals surface area contributed by atoms with Crippen molar-refractivity contribution in [2.75, 3.05) is 4.90 Å². The molecule has 0 N–H and O–H groups in total. The summed E-state index contributed by atoms with van der Waals surface area (Å²) in [5.41, 5.74) is 0.366. The predicted molar refractivity (Wildman–Crippen MR) is 165 cm³/mol. The maximum Gasteiger partial charge on any atom is 0.347 e. The number of esters is 2. The fraction of sp³-hybridized carbons (Fsp3) is 0.0588. The lowest BCUT2D eigenvalue weighted by Gasteiger charge is -2.14. The molecule has 4 aromatic carbocycles. The highest BCUT2D eigenvalue weighted by Gasteiger charge is 2.37. The standard InChI is InChI=1S/C34H19N3O10/c1-16(38)44-21-8-11-27-25(14-21)33(42)46-29(35-27)18-3-6-20(7-4-18)37-31(40)23-10-5-19(13-24(23)32(37)41)30-36-28-12-9-22(45-17(2)39)15-26(28)34(43)47-30/h3-15H,1-2H3. The molecule has 0 aliphatic carbocycles. The van der Waals surface area contributed by atoms with Gasteiger partial charge in [0.2, 0.25) is 11.8 Å². The van der Waals surface area contributed by atoms with Crippen LogP contribution in [0.5, 0.6) is 11.5 Å². The molecular formula is C34H19N3O10. The second kappa shape index (κ2) is 11.0. The number of carbonyl (C=O) groups is 4. The first-order valence-electron chi connectivity index (χ1n) is 14.0. The first-order chi connectivity index (χ1) is 22.5. The minimum Gasteiger partial charge on any atom is -0.427 e. The molecule has 0 atom stereocenters. The monoisotopic (exact) mass is 629 g/mol. The lowest BCUT2D eigenvalue weighted by Crippen LogP contribution is -2.29. The van der Waals surface area contributed by atoms with Gasteiger partial charge < -0.3 is 18.3 Å². The van der Waals surface area contributed by atoms with Gasteiger partial charge in [-0.2, -0.15) is 0 Å². The third-order valence-corrected chi connectivity index (χ3v) is 7.23. The molecule has 0 radical (unpaired) electrons. The van der Waals surface area contributed by atoms with Gasteiger partial charge in [-0.25, -0.2) is 24.5 Å². The Bertz CT molecular complexity index is 2460. The smallest absolute Gasteiger partial charge is 0.347 e. The summed E-state index contributed by atoms with van der Waals surface area (Å²) in [7, 11) is 0. The van der Waals surface area contributed by atoms with E-state index in [1.165, 1.54) is 80.6 Å². The molecule has 6 aromatic rings. The van der Waals surface area contributed by atoms with Crippen LogP contribution in [0.15, 0.2) is 97.3 Å². The third-order valence-electron chi connectivity index (χ3n) is 7.23. The summed E-state index contributed by atoms with van der Waals surface area (Å²) in [5.74, 6) is -1.97. The van der Waals surface area contributed by atoms with Crippen LogP contribution >= 0.6 is 0 Å². The fourth-order valence-corrected chi connectivity index (χ4v) is 5.17. The minimum atomic E-state index is -0.730. The Labute approximate surface area is 262 Å². The van der Waals surface area contributed by atoms with Crippen molar-refractivity contribution in [3.05, 3.63) is 111 Å². The van der Waals surface area contributed by atoms with E-state index in [9.17, 15) is 28.8 Å². The van der Waals surface area contributed by atoms with Gasteiger partial charge in [0.15, 0.2) is 0 Å². The van der Waals surface area contributed by atoms with E-state index in [1.54, 1.807) is 12.1 Å². The summed E-state index contributed by atoms with van der Waals surface area (Å²) < 4.78 is 20.8. The number of carbonyl (C=O) groups excluding carboxylic acids is 4. The van der Waals surface area contributed by atoms with Gasteiger partial charge >= 0.3 is 23.2 Å². The van der Waals surface area contributed by atoms with Crippen molar-refractivity contribution >= 4 is 51.2 Å². The van der Waals surface area contributed by atoms with E-state index in [1.807, 2.05) is 0 Å². The van der Waals surface area contributed by atoms with Crippen molar-refractivity contribution in [3.8, 4) is 34.4 Å². The van der Waals surface area contributed by atoms with Crippen LogP contribution in [0, 0.1) is 0 Å². The summed E-state index contributed by atoms with van der Waals surface area (Å²) in [6.45, 7) is 2.48. The molecule has 0 spiro atoms. The summed E-state index contributed by atoms with van der Waals surface area (Å²) in [6, 6.07) is 19.3. The number of aromatic nitrogens is 2. The summed E-state index contributed by atoms with van der Waals surface area (Å²) in [5, 5.41) is 0.224. The average Bonchev–Trinajstić information content (AvgIpc) is 3.29. The molecule has 47 heavy (non-hydrogen) atoms. The molecule has 1 aliphatic heterocycles. The third kappa shape index (κ3) is 5.21. The molecule has 0 unspecified atom stereocenters. The molecule has 7 rings (SSSR count). The van der Waals surface area contributed by atoms with E-state index in [2.05, 4.69) is 9.97 Å². The molecule has 0 fully saturated rings. The summed E-state index contributed by atoms with van der Waals surface area (Å²) >= 11 is 0. The lowest BCUT2D eigenvalue weighted by molar-refractivity contribution is -0.132. The Hall–Kier alpha value is -6.76. The Kier molecular flexibility index (Phi) is 6.78. The normalized spacial score (nSPS) is 12.4. The van der Waals surface area contributed by atoms with E-state index >= 15 is 0 Å². The Morgan fingerprint density at radius 1 is 0.596 bits per heavy atom. The van der Waals surface area contributed by atoms with Crippen molar-refractivity contribution in [1.82, 2.24) is 9.97 Å². The van der Waals surface area contributed by atoms with E-state index in [0.29, 0.717) is 16.6 Å². The van der Waals surface area contributed by atoms with Gasteiger partial charge in [-0.05, 0) is 78.9 Å². The van der Waals surface area contributed by atoms with Gasteiger partial charge in [0, 0.05) is 25.0 Å². The molecule has 2 amide bonds. The van der Waals surface area contributed by atoms with Gasteiger partial charge in [-0.3, -0.25) is 19.2 Å². The number of fused-ring (bicyclic) bond motifs is 3. The van der Waals surface area contributed by atoms with Crippen LogP contribution in [0.4, 0.5) is 5.69 Å². The van der Waals surface area contributed by atoms with Crippen molar-refractivity contribution in [2.45, 2.75) is 13.8 Å². The number of ether oxygens (including phenoxy) is 2. The second-order valence-corrected chi connectivity index (χ2v) is 10.4. The van der Waals surface area contributed by atoms with Crippen LogP contribution in [0.1, 0.15) is 34.6 Å². The van der Waals surface area contributed by atoms with Crippen LogP contribution < -0.4 is 25.6 Å². The first-order valence-corrected chi connectivity index (χ1v) is 14.0. The van der Waals surface area contributed by atoms with E-state index in [0.717, 1.165) is 4.90 Å². The predicted octanol–water partition coefficient (Wildman–Crippen LogP) is 4.67. The highest BCUT2D eigenvalue weighted by molar-refractivity contribution is 6.34. The number of rotatable bonds is 5. The average molecular weight is 630 g/mol. The number of hydrogen-bond donors (Lipinski definition) is 0. The minimum absolute atomic E-state index is 0.00766. The zero-order valence-electron chi connectivity index (χ0n) is 24.4. The number of hydrogen-bond acceptors (Lipinski definition) is 12. The van der Waals surface area contributed by atoms with Crippen molar-refractivity contribution < 1.29 is 37.5 Å². The lowest BCUT2D eigenvalue weighted by atomic mass is 10.1. The topological polar surface area (TPSA) is 176 Å². The highest BCUT2D eigenvalue weighted by atomic mass is 16.5. The Morgan fingerprint density at radius 3 is 1.62 bits per heavy atom. The van der Waals surface area contributed by atoms with Gasteiger partial charge in [-0.15, -0.1) is 0 Å². The molecule has 230 valence electrons. The highest BCUT2D eigenvalue weighted by Crippen LogP contribution is 2.33. The van der Waals surface area contributed by atoms with Crippen LogP contribution in [0.3, 0.4) is 0 Å². The van der Waals surface area contributed by atoms with Crippen LogP contribution in [-0.2, 0) is 9.59 Å². The fourth-order valence-electron chi connectivity index (χ4n) is 5.17. The molecule has 1 aliphatic rings. The SMILES string of the molecule is CC(=O)Oc1ccc2nc(-c3ccc(N4C(=O)c5ccc(-c6nc7ccc(OC(C)=O)cc7c(=O)o6)cc5C4=O)cc3)oc(=O)c2c1. The number of amides is 2. The number of anilines is 1. The van der Waals surface area contributed by atoms with Crippen molar-refractivity contribution in [3.63, 3.8) is 0 Å². The largest absolute Gasteiger partial charge is 0.427 e. The zero-order valence-corrected chi connectivity index (χ0v) is 24.4. The maximum atomic E-state index is 13.5. The molecule has 0 saturated heterocycles. The molecule has 13 nitrogen and oxygen atoms in total. The Morgan fingerprint density at radius 2 is 1.09 bits per heavy atom. The Balaban J connectivity index is 1.16. The summed E-state index contributed by atoms with van der Waals surface area (Å²) in [4.78, 5) is 84.5. The number of benzene rings is 4. The van der Waals surface area contributed by atoms with Crippen molar-refractivity contribution in [1.29, 1.82) is 0 Å². The zero-order chi connectivity index (χ0) is 33.0. The van der Waals surface area contributed by atoms with E-state index in [-0.39, 0.29) is 56.4 Å². The van der Waals surface area contributed by atoms with Gasteiger partial charge in [0.05, 0.1) is 38.6 Å². The molecule has 3 heterocycles. The van der Waals surface area contributed by atoms with Gasteiger partial charge in [-0.1, -0.05) is 0 Å². The molecule has 0 bridgehead atoms. The van der Waals surface area contributed by atoms with Gasteiger partial charge in [0.25, 0.3) is 11.8 Å². The number of nitrogens with zero attached hydrogens (tertiary/aromatic N) is 3.